The van der Waals surface area contributed by atoms with Gasteiger partial charge in [0.2, 0.25) is 0 Å². The van der Waals surface area contributed by atoms with Crippen LogP contribution < -0.4 is 5.32 Å². The summed E-state index contributed by atoms with van der Waals surface area (Å²) in [7, 11) is 0. The molecule has 0 saturated heterocycles. The number of nitrogens with zero attached hydrogens (tertiary/aromatic N) is 1. The molecule has 2 heteroatoms. The maximum atomic E-state index is 3.57. The number of nitrogens with one attached hydrogen (secondary N) is 1. The van der Waals surface area contributed by atoms with Crippen LogP contribution in [0, 0.1) is 6.92 Å². The highest BCUT2D eigenvalue weighted by Gasteiger charge is 2.16. The second-order valence-electron chi connectivity index (χ2n) is 7.01. The van der Waals surface area contributed by atoms with Crippen LogP contribution in [-0.2, 0) is 6.54 Å². The quantitative estimate of drug-likeness (QED) is 0.661. The van der Waals surface area contributed by atoms with Gasteiger partial charge in [-0.05, 0) is 63.4 Å². The molecule has 0 spiro atoms. The summed E-state index contributed by atoms with van der Waals surface area (Å²) in [5.74, 6) is 0. The van der Waals surface area contributed by atoms with Crippen molar-refractivity contribution in [2.75, 3.05) is 11.9 Å². The van der Waals surface area contributed by atoms with Crippen molar-refractivity contribution < 1.29 is 0 Å². The molecule has 2 rings (SSSR count). The minimum absolute atomic E-state index is 0.401. The van der Waals surface area contributed by atoms with Gasteiger partial charge in [0, 0.05) is 24.3 Å². The summed E-state index contributed by atoms with van der Waals surface area (Å²) in [6.45, 7) is 13.2. The van der Waals surface area contributed by atoms with Crippen molar-refractivity contribution in [3.05, 3.63) is 65.2 Å². The van der Waals surface area contributed by atoms with Crippen molar-refractivity contribution in [2.24, 2.45) is 0 Å². The van der Waals surface area contributed by atoms with Crippen LogP contribution in [0.1, 0.15) is 56.8 Å². The van der Waals surface area contributed by atoms with E-state index in [9.17, 15) is 0 Å². The fourth-order valence-electron chi connectivity index (χ4n) is 3.09. The van der Waals surface area contributed by atoms with E-state index in [0.29, 0.717) is 12.1 Å². The third-order valence-electron chi connectivity index (χ3n) is 4.48. The largest absolute Gasteiger partial charge is 0.383 e. The van der Waals surface area contributed by atoms with Crippen LogP contribution in [-0.4, -0.2) is 17.5 Å². The summed E-state index contributed by atoms with van der Waals surface area (Å²) in [6, 6.07) is 18.5. The van der Waals surface area contributed by atoms with E-state index in [1.807, 2.05) is 0 Å². The topological polar surface area (TPSA) is 15.3 Å². The van der Waals surface area contributed by atoms with E-state index in [1.165, 1.54) is 28.8 Å². The van der Waals surface area contributed by atoms with Crippen molar-refractivity contribution >= 4 is 5.69 Å². The number of rotatable bonds is 8. The van der Waals surface area contributed by atoms with Crippen molar-refractivity contribution in [3.8, 4) is 0 Å². The highest BCUT2D eigenvalue weighted by Crippen LogP contribution is 2.27. The molecule has 24 heavy (non-hydrogen) atoms. The SMILES string of the molecule is CCCN(Cc1ccccc1)[C@H](C)c1ccc(C)c(NC(C)C)c1. The normalized spacial score (nSPS) is 12.6. The highest BCUT2D eigenvalue weighted by atomic mass is 15.1. The molecule has 0 bridgehead atoms. The van der Waals surface area contributed by atoms with Crippen molar-refractivity contribution in [1.82, 2.24) is 4.90 Å². The van der Waals surface area contributed by atoms with E-state index < -0.39 is 0 Å². The molecule has 0 aliphatic heterocycles. The molecule has 0 radical (unpaired) electrons. The second kappa shape index (κ2) is 8.89. The Hall–Kier alpha value is -1.80. The Morgan fingerprint density at radius 3 is 2.33 bits per heavy atom. The Balaban J connectivity index is 2.21. The molecule has 1 atom stereocenters. The van der Waals surface area contributed by atoms with Crippen LogP contribution in [0.15, 0.2) is 48.5 Å². The molecule has 0 saturated carbocycles. The van der Waals surface area contributed by atoms with Crippen LogP contribution in [0.5, 0.6) is 0 Å². The van der Waals surface area contributed by atoms with Gasteiger partial charge in [-0.25, -0.2) is 0 Å². The Labute approximate surface area is 147 Å². The lowest BCUT2D eigenvalue weighted by molar-refractivity contribution is 0.202. The molecule has 0 aliphatic carbocycles. The van der Waals surface area contributed by atoms with E-state index >= 15 is 0 Å². The van der Waals surface area contributed by atoms with E-state index in [1.54, 1.807) is 0 Å². The van der Waals surface area contributed by atoms with Crippen molar-refractivity contribution in [2.45, 2.75) is 59.7 Å². The maximum Gasteiger partial charge on any atom is 0.0375 e. The maximum absolute atomic E-state index is 3.57. The zero-order valence-corrected chi connectivity index (χ0v) is 15.8. The number of hydrogen-bond acceptors (Lipinski definition) is 2. The molecule has 0 aromatic heterocycles. The van der Waals surface area contributed by atoms with E-state index in [2.05, 4.69) is 93.4 Å². The van der Waals surface area contributed by atoms with Crippen LogP contribution in [0.2, 0.25) is 0 Å². The Kier molecular flexibility index (Phi) is 6.86. The summed E-state index contributed by atoms with van der Waals surface area (Å²) < 4.78 is 0. The van der Waals surface area contributed by atoms with Crippen molar-refractivity contribution in [1.29, 1.82) is 0 Å². The van der Waals surface area contributed by atoms with Gasteiger partial charge in [0.05, 0.1) is 0 Å². The number of aryl methyl sites for hydroxylation is 1. The van der Waals surface area contributed by atoms with Gasteiger partial charge in [0.15, 0.2) is 0 Å². The fraction of sp³-hybridized carbons (Fsp3) is 0.455. The first-order valence-electron chi connectivity index (χ1n) is 9.16. The predicted octanol–water partition coefficient (Wildman–Crippen LogP) is 5.79. The smallest absolute Gasteiger partial charge is 0.0375 e. The van der Waals surface area contributed by atoms with E-state index in [0.717, 1.165) is 13.1 Å². The fourth-order valence-corrected chi connectivity index (χ4v) is 3.09. The van der Waals surface area contributed by atoms with Crippen LogP contribution in [0.25, 0.3) is 0 Å². The minimum Gasteiger partial charge on any atom is -0.383 e. The third-order valence-corrected chi connectivity index (χ3v) is 4.48. The van der Waals surface area contributed by atoms with Gasteiger partial charge in [-0.1, -0.05) is 49.4 Å². The predicted molar refractivity (Wildman–Crippen MR) is 105 cm³/mol. The summed E-state index contributed by atoms with van der Waals surface area (Å²) in [4.78, 5) is 2.57. The monoisotopic (exact) mass is 324 g/mol. The van der Waals surface area contributed by atoms with Crippen molar-refractivity contribution in [3.63, 3.8) is 0 Å². The van der Waals surface area contributed by atoms with Crippen LogP contribution in [0.3, 0.4) is 0 Å². The lowest BCUT2D eigenvalue weighted by Gasteiger charge is -2.30. The van der Waals surface area contributed by atoms with Gasteiger partial charge in [-0.3, -0.25) is 4.90 Å². The molecule has 2 nitrogen and oxygen atoms in total. The molecule has 0 fully saturated rings. The molecule has 0 aliphatic rings. The molecule has 0 heterocycles. The Bertz CT molecular complexity index is 619. The molecule has 1 N–H and O–H groups in total. The van der Waals surface area contributed by atoms with E-state index in [-0.39, 0.29) is 0 Å². The molecule has 0 amide bonds. The van der Waals surface area contributed by atoms with Gasteiger partial charge in [-0.2, -0.15) is 0 Å². The summed E-state index contributed by atoms with van der Waals surface area (Å²) in [6.07, 6.45) is 1.17. The van der Waals surface area contributed by atoms with Gasteiger partial charge < -0.3 is 5.32 Å². The molecule has 2 aromatic rings. The van der Waals surface area contributed by atoms with Gasteiger partial charge >= 0.3 is 0 Å². The standard InChI is InChI=1S/C22H32N2/c1-6-14-24(16-20-10-8-7-9-11-20)19(5)21-13-12-18(4)22(15-21)23-17(2)3/h7-13,15,17,19,23H,6,14,16H2,1-5H3/t19-/m1/s1. The molecule has 0 unspecified atom stereocenters. The van der Waals surface area contributed by atoms with E-state index in [4.69, 9.17) is 0 Å². The first-order valence-corrected chi connectivity index (χ1v) is 9.16. The summed E-state index contributed by atoms with van der Waals surface area (Å²) in [5.41, 5.74) is 5.33. The lowest BCUT2D eigenvalue weighted by atomic mass is 10.0. The molecular weight excluding hydrogens is 292 g/mol. The van der Waals surface area contributed by atoms with Crippen LogP contribution >= 0.6 is 0 Å². The lowest BCUT2D eigenvalue weighted by Crippen LogP contribution is -2.27. The molecule has 130 valence electrons. The number of hydrogen-bond donors (Lipinski definition) is 1. The zero-order valence-electron chi connectivity index (χ0n) is 15.8. The first kappa shape index (κ1) is 18.5. The summed E-state index contributed by atoms with van der Waals surface area (Å²) >= 11 is 0. The second-order valence-corrected chi connectivity index (χ2v) is 7.01. The first-order chi connectivity index (χ1) is 11.5. The third kappa shape index (κ3) is 5.10. The number of benzene rings is 2. The molecule has 2 aromatic carbocycles. The summed E-state index contributed by atoms with van der Waals surface area (Å²) in [5, 5.41) is 3.57. The van der Waals surface area contributed by atoms with Gasteiger partial charge in [0.25, 0.3) is 0 Å². The van der Waals surface area contributed by atoms with Crippen LogP contribution in [0.4, 0.5) is 5.69 Å². The zero-order chi connectivity index (χ0) is 17.5. The minimum atomic E-state index is 0.401. The average molecular weight is 325 g/mol. The Morgan fingerprint density at radius 1 is 1.00 bits per heavy atom. The van der Waals surface area contributed by atoms with Gasteiger partial charge in [-0.15, -0.1) is 0 Å². The highest BCUT2D eigenvalue weighted by molar-refractivity contribution is 5.53. The molecular formula is C22H32N2. The average Bonchev–Trinajstić information content (AvgIpc) is 2.56. The van der Waals surface area contributed by atoms with Gasteiger partial charge in [0.1, 0.15) is 0 Å². The number of anilines is 1. The Morgan fingerprint density at radius 2 is 1.71 bits per heavy atom.